The molecule has 0 aliphatic heterocycles. The number of hydrogen-bond acceptors (Lipinski definition) is 5. The van der Waals surface area contributed by atoms with Crippen molar-refractivity contribution in [1.82, 2.24) is 19.7 Å². The van der Waals surface area contributed by atoms with Crippen molar-refractivity contribution >= 4 is 22.5 Å². The molecule has 0 bridgehead atoms. The Morgan fingerprint density at radius 1 is 1.09 bits per heavy atom. The van der Waals surface area contributed by atoms with Crippen LogP contribution in [0.2, 0.25) is 0 Å². The predicted octanol–water partition coefficient (Wildman–Crippen LogP) is 3.86. The molecule has 0 atom stereocenters. The van der Waals surface area contributed by atoms with Crippen LogP contribution >= 0.6 is 0 Å². The lowest BCUT2D eigenvalue weighted by molar-refractivity contribution is -0.115. The summed E-state index contributed by atoms with van der Waals surface area (Å²) in [5.41, 5.74) is 1.64. The first-order chi connectivity index (χ1) is 15.6. The highest BCUT2D eigenvalue weighted by Gasteiger charge is 2.17. The van der Waals surface area contributed by atoms with Crippen LogP contribution in [0.5, 0.6) is 0 Å². The second-order valence-electron chi connectivity index (χ2n) is 7.38. The van der Waals surface area contributed by atoms with E-state index in [1.807, 2.05) is 42.5 Å². The number of carbonyl (C=O) groups excluding carboxylic acids is 1. The zero-order chi connectivity index (χ0) is 22.1. The van der Waals surface area contributed by atoms with Crippen LogP contribution in [-0.4, -0.2) is 25.7 Å². The minimum atomic E-state index is -0.310. The zero-order valence-corrected chi connectivity index (χ0v) is 17.2. The number of benzene rings is 2. The van der Waals surface area contributed by atoms with E-state index in [0.717, 1.165) is 16.3 Å². The molecule has 5 aromatic rings. The maximum Gasteiger partial charge on any atom is 0.252 e. The molecule has 2 aromatic carbocycles. The molecule has 32 heavy (non-hydrogen) atoms. The van der Waals surface area contributed by atoms with Crippen molar-refractivity contribution in [1.29, 1.82) is 0 Å². The van der Waals surface area contributed by atoms with Gasteiger partial charge in [0.05, 0.1) is 12.7 Å². The summed E-state index contributed by atoms with van der Waals surface area (Å²) in [5.74, 6) is 0.885. The minimum absolute atomic E-state index is 0.181. The Morgan fingerprint density at radius 2 is 1.94 bits per heavy atom. The van der Waals surface area contributed by atoms with Gasteiger partial charge in [0.25, 0.3) is 5.56 Å². The Hall–Kier alpha value is -4.46. The number of nitrogens with one attached hydrogen (secondary N) is 2. The van der Waals surface area contributed by atoms with Crippen molar-refractivity contribution < 1.29 is 9.21 Å². The van der Waals surface area contributed by atoms with Gasteiger partial charge in [-0.1, -0.05) is 42.5 Å². The first-order valence-corrected chi connectivity index (χ1v) is 10.1. The molecular formula is C24H19N5O3. The molecule has 0 aliphatic carbocycles. The van der Waals surface area contributed by atoms with E-state index in [2.05, 4.69) is 20.4 Å². The molecule has 0 aliphatic rings. The molecule has 0 radical (unpaired) electrons. The topological polar surface area (TPSA) is 106 Å². The summed E-state index contributed by atoms with van der Waals surface area (Å²) >= 11 is 0. The van der Waals surface area contributed by atoms with Gasteiger partial charge in [-0.25, -0.2) is 4.98 Å². The highest BCUT2D eigenvalue weighted by atomic mass is 16.3. The van der Waals surface area contributed by atoms with Gasteiger partial charge in [0.2, 0.25) is 11.9 Å². The monoisotopic (exact) mass is 425 g/mol. The molecule has 3 heterocycles. The molecule has 158 valence electrons. The van der Waals surface area contributed by atoms with Crippen LogP contribution in [0.1, 0.15) is 11.3 Å². The Bertz CT molecular complexity index is 1480. The molecule has 0 unspecified atom stereocenters. The molecule has 8 heteroatoms. The van der Waals surface area contributed by atoms with Crippen LogP contribution in [0.15, 0.2) is 82.2 Å². The first-order valence-electron chi connectivity index (χ1n) is 10.1. The van der Waals surface area contributed by atoms with Gasteiger partial charge in [-0.15, -0.1) is 0 Å². The maximum atomic E-state index is 13.0. The van der Waals surface area contributed by atoms with Crippen molar-refractivity contribution in [2.75, 3.05) is 5.32 Å². The molecule has 1 amide bonds. The molecule has 0 saturated heterocycles. The van der Waals surface area contributed by atoms with Crippen LogP contribution in [0, 0.1) is 6.92 Å². The second-order valence-corrected chi connectivity index (χ2v) is 7.38. The van der Waals surface area contributed by atoms with Gasteiger partial charge in [0, 0.05) is 17.8 Å². The van der Waals surface area contributed by atoms with Gasteiger partial charge in [-0.3, -0.25) is 14.6 Å². The third-order valence-corrected chi connectivity index (χ3v) is 5.04. The normalized spacial score (nSPS) is 11.0. The van der Waals surface area contributed by atoms with Crippen molar-refractivity contribution in [2.45, 2.75) is 13.3 Å². The fourth-order valence-electron chi connectivity index (χ4n) is 3.65. The number of nitrogens with zero attached hydrogens (tertiary/aromatic N) is 3. The molecule has 8 nitrogen and oxygen atoms in total. The van der Waals surface area contributed by atoms with Gasteiger partial charge >= 0.3 is 0 Å². The van der Waals surface area contributed by atoms with Gasteiger partial charge in [0.1, 0.15) is 11.5 Å². The number of carbonyl (C=O) groups is 1. The Morgan fingerprint density at radius 3 is 2.75 bits per heavy atom. The number of hydrogen-bond donors (Lipinski definition) is 2. The van der Waals surface area contributed by atoms with Crippen LogP contribution in [0.3, 0.4) is 0 Å². The molecule has 2 N–H and O–H groups in total. The molecular weight excluding hydrogens is 406 g/mol. The number of anilines is 1. The lowest BCUT2D eigenvalue weighted by Crippen LogP contribution is -2.20. The molecule has 0 saturated carbocycles. The fraction of sp³-hybridized carbons (Fsp3) is 0.0833. The van der Waals surface area contributed by atoms with Crippen LogP contribution in [0.4, 0.5) is 5.82 Å². The predicted molar refractivity (Wildman–Crippen MR) is 121 cm³/mol. The number of aromatic amines is 1. The van der Waals surface area contributed by atoms with Crippen LogP contribution in [0.25, 0.3) is 28.2 Å². The lowest BCUT2D eigenvalue weighted by Gasteiger charge is -2.10. The van der Waals surface area contributed by atoms with Crippen LogP contribution in [-0.2, 0) is 11.2 Å². The van der Waals surface area contributed by atoms with Gasteiger partial charge in [-0.2, -0.15) is 9.78 Å². The largest absolute Gasteiger partial charge is 0.463 e. The summed E-state index contributed by atoms with van der Waals surface area (Å²) in [7, 11) is 0. The molecule has 0 spiro atoms. The summed E-state index contributed by atoms with van der Waals surface area (Å²) in [6.07, 6.45) is 1.72. The number of H-pyrrole nitrogens is 1. The Balaban J connectivity index is 1.50. The van der Waals surface area contributed by atoms with Crippen molar-refractivity contribution in [2.24, 2.45) is 0 Å². The number of furan rings is 1. The van der Waals surface area contributed by atoms with E-state index in [9.17, 15) is 9.59 Å². The van der Waals surface area contributed by atoms with Gasteiger partial charge in [-0.05, 0) is 35.4 Å². The number of amides is 1. The average molecular weight is 425 g/mol. The van der Waals surface area contributed by atoms with E-state index < -0.39 is 0 Å². The number of rotatable bonds is 5. The zero-order valence-electron chi connectivity index (χ0n) is 17.2. The van der Waals surface area contributed by atoms with Crippen molar-refractivity contribution in [3.05, 3.63) is 94.6 Å². The third-order valence-electron chi connectivity index (χ3n) is 5.04. The maximum absolute atomic E-state index is 13.0. The third kappa shape index (κ3) is 3.81. The standard InChI is InChI=1S/C24H19N5O3/c1-15-12-22(30)27-24(25-15)29-21(14-19(28-29)20-10-5-11-32-20)26-23(31)13-17-8-4-7-16-6-2-3-9-18(16)17/h2-12,14H,13H2,1H3,(H,26,31)(H,25,27,30). The fourth-order valence-corrected chi connectivity index (χ4v) is 3.65. The summed E-state index contributed by atoms with van der Waals surface area (Å²) in [4.78, 5) is 32.0. The quantitative estimate of drug-likeness (QED) is 0.445. The highest BCUT2D eigenvalue weighted by molar-refractivity contribution is 5.96. The summed E-state index contributed by atoms with van der Waals surface area (Å²) < 4.78 is 6.84. The van der Waals surface area contributed by atoms with E-state index in [-0.39, 0.29) is 23.8 Å². The molecule has 0 fully saturated rings. The average Bonchev–Trinajstić information content (AvgIpc) is 3.43. The smallest absolute Gasteiger partial charge is 0.252 e. The lowest BCUT2D eigenvalue weighted by atomic mass is 10.0. The van der Waals surface area contributed by atoms with Gasteiger partial charge < -0.3 is 9.73 Å². The minimum Gasteiger partial charge on any atom is -0.463 e. The van der Waals surface area contributed by atoms with E-state index >= 15 is 0 Å². The van der Waals surface area contributed by atoms with Crippen LogP contribution < -0.4 is 10.9 Å². The molecule has 5 rings (SSSR count). The SMILES string of the molecule is Cc1cc(=O)[nH]c(-n2nc(-c3ccco3)cc2NC(=O)Cc2cccc3ccccc23)n1. The van der Waals surface area contributed by atoms with Crippen molar-refractivity contribution in [3.63, 3.8) is 0 Å². The van der Waals surface area contributed by atoms with E-state index in [4.69, 9.17) is 4.42 Å². The Labute approximate surface area is 182 Å². The van der Waals surface area contributed by atoms with Crippen molar-refractivity contribution in [3.8, 4) is 17.4 Å². The second kappa shape index (κ2) is 7.99. The number of aromatic nitrogens is 4. The first kappa shape index (κ1) is 19.5. The van der Waals surface area contributed by atoms with E-state index in [1.165, 1.54) is 10.7 Å². The van der Waals surface area contributed by atoms with E-state index in [0.29, 0.717) is 23.0 Å². The van der Waals surface area contributed by atoms with Gasteiger partial charge in [0.15, 0.2) is 5.76 Å². The van der Waals surface area contributed by atoms with E-state index in [1.54, 1.807) is 31.4 Å². The molecule has 3 aromatic heterocycles. The summed E-state index contributed by atoms with van der Waals surface area (Å²) in [6.45, 7) is 1.72. The highest BCUT2D eigenvalue weighted by Crippen LogP contribution is 2.25. The number of aryl methyl sites for hydroxylation is 1. The summed E-state index contributed by atoms with van der Waals surface area (Å²) in [5, 5.41) is 9.49. The Kier molecular flexibility index (Phi) is 4.87. The summed E-state index contributed by atoms with van der Waals surface area (Å²) in [6, 6.07) is 20.4. The number of fused-ring (bicyclic) bond motifs is 1.